The Labute approximate surface area is 208 Å². The first kappa shape index (κ1) is 25.5. The van der Waals surface area contributed by atoms with E-state index in [2.05, 4.69) is 10.9 Å². The number of benzene rings is 2. The fourth-order valence-corrected chi connectivity index (χ4v) is 4.67. The number of unbranched alkanes of at least 4 members (excludes halogenated alkanes) is 2. The van der Waals surface area contributed by atoms with E-state index in [0.717, 1.165) is 29.7 Å². The summed E-state index contributed by atoms with van der Waals surface area (Å²) in [6, 6.07) is 14.6. The normalized spacial score (nSPS) is 14.4. The van der Waals surface area contributed by atoms with Crippen LogP contribution in [-0.4, -0.2) is 40.6 Å². The van der Waals surface area contributed by atoms with E-state index < -0.39 is 0 Å². The first-order valence-electron chi connectivity index (χ1n) is 10.9. The summed E-state index contributed by atoms with van der Waals surface area (Å²) in [6.45, 7) is 2.35. The average Bonchev–Trinajstić information content (AvgIpc) is 3.10. The molecular weight excluding hydrogens is 470 g/mol. The summed E-state index contributed by atoms with van der Waals surface area (Å²) in [5.41, 5.74) is 7.15. The van der Waals surface area contributed by atoms with E-state index in [1.165, 1.54) is 11.8 Å². The Morgan fingerprint density at radius 1 is 1.06 bits per heavy atom. The minimum absolute atomic E-state index is 0.0949. The number of aryl methyl sites for hydroxylation is 1. The molecule has 1 heterocycles. The minimum atomic E-state index is -0.344. The van der Waals surface area contributed by atoms with E-state index in [-0.39, 0.29) is 24.1 Å². The van der Waals surface area contributed by atoms with Crippen molar-refractivity contribution in [2.45, 2.75) is 32.6 Å². The molecule has 2 N–H and O–H groups in total. The first-order valence-corrected chi connectivity index (χ1v) is 12.2. The van der Waals surface area contributed by atoms with Gasteiger partial charge in [0.05, 0.1) is 12.0 Å². The van der Waals surface area contributed by atoms with Crippen LogP contribution in [0.1, 0.15) is 47.2 Å². The van der Waals surface area contributed by atoms with Gasteiger partial charge in [-0.05, 0) is 55.2 Å². The molecule has 0 aromatic heterocycles. The van der Waals surface area contributed by atoms with E-state index >= 15 is 0 Å². The lowest BCUT2D eigenvalue weighted by atomic mass is 10.1. The number of ether oxygens (including phenoxy) is 1. The van der Waals surface area contributed by atoms with Crippen molar-refractivity contribution in [3.8, 4) is 5.75 Å². The third kappa shape index (κ3) is 6.91. The van der Waals surface area contributed by atoms with Crippen LogP contribution in [0.3, 0.4) is 0 Å². The van der Waals surface area contributed by atoms with E-state index in [1.807, 2.05) is 49.4 Å². The molecule has 1 saturated heterocycles. The van der Waals surface area contributed by atoms with Crippen molar-refractivity contribution < 1.29 is 19.1 Å². The summed E-state index contributed by atoms with van der Waals surface area (Å²) >= 11 is 6.68. The highest BCUT2D eigenvalue weighted by Crippen LogP contribution is 2.33. The molecule has 0 saturated carbocycles. The highest BCUT2D eigenvalue weighted by Gasteiger charge is 2.31. The number of hydrogen-bond acceptors (Lipinski definition) is 6. The number of nitrogens with zero attached hydrogens (tertiary/aromatic N) is 1. The highest BCUT2D eigenvalue weighted by molar-refractivity contribution is 8.26. The zero-order valence-corrected chi connectivity index (χ0v) is 20.8. The second kappa shape index (κ2) is 12.3. The summed E-state index contributed by atoms with van der Waals surface area (Å²) in [5, 5.41) is 0. The number of nitrogens with one attached hydrogen (secondary N) is 2. The molecule has 1 aliphatic heterocycles. The van der Waals surface area contributed by atoms with Crippen LogP contribution in [0.4, 0.5) is 0 Å². The number of carbonyl (C=O) groups excluding carboxylic acids is 3. The number of hydrazine groups is 1. The van der Waals surface area contributed by atoms with Gasteiger partial charge in [0, 0.05) is 18.5 Å². The van der Waals surface area contributed by atoms with Crippen molar-refractivity contribution in [3.05, 3.63) is 70.1 Å². The maximum atomic E-state index is 12.7. The molecular formula is C25H27N3O4S2. The second-order valence-electron chi connectivity index (χ2n) is 7.73. The van der Waals surface area contributed by atoms with Crippen molar-refractivity contribution in [3.63, 3.8) is 0 Å². The standard InChI is InChI=1S/C25H27N3O4S2/c1-17-8-5-6-9-20(17)23(30)27-26-22(29)10-4-3-7-15-28-24(31)21(34-25(28)33)16-18-11-13-19(32-2)14-12-18/h5-6,8-9,11-14,16H,3-4,7,10,15H2,1-2H3,(H,26,29)(H,27,30). The summed E-state index contributed by atoms with van der Waals surface area (Å²) < 4.78 is 5.70. The third-order valence-corrected chi connectivity index (χ3v) is 6.66. The molecule has 3 amide bonds. The molecule has 0 radical (unpaired) electrons. The molecule has 34 heavy (non-hydrogen) atoms. The Kier molecular flexibility index (Phi) is 9.24. The van der Waals surface area contributed by atoms with Gasteiger partial charge in [0.2, 0.25) is 5.91 Å². The van der Waals surface area contributed by atoms with Crippen molar-refractivity contribution >= 4 is 52.1 Å². The monoisotopic (exact) mass is 497 g/mol. The lowest BCUT2D eigenvalue weighted by molar-refractivity contribution is -0.123. The van der Waals surface area contributed by atoms with Gasteiger partial charge in [-0.25, -0.2) is 0 Å². The fourth-order valence-electron chi connectivity index (χ4n) is 3.36. The van der Waals surface area contributed by atoms with Gasteiger partial charge >= 0.3 is 0 Å². The maximum absolute atomic E-state index is 12.7. The SMILES string of the molecule is COc1ccc(C=C2SC(=S)N(CCCCCC(=O)NNC(=O)c3ccccc3C)C2=O)cc1. The summed E-state index contributed by atoms with van der Waals surface area (Å²) in [6.07, 6.45) is 4.24. The number of amides is 3. The van der Waals surface area contributed by atoms with Crippen LogP contribution in [0, 0.1) is 6.92 Å². The van der Waals surface area contributed by atoms with E-state index in [4.69, 9.17) is 17.0 Å². The second-order valence-corrected chi connectivity index (χ2v) is 9.41. The van der Waals surface area contributed by atoms with Crippen LogP contribution in [0.5, 0.6) is 5.75 Å². The quantitative estimate of drug-likeness (QED) is 0.233. The van der Waals surface area contributed by atoms with Gasteiger partial charge in [0.1, 0.15) is 10.1 Å². The van der Waals surface area contributed by atoms with Gasteiger partial charge in [0.25, 0.3) is 11.8 Å². The number of carbonyl (C=O) groups is 3. The van der Waals surface area contributed by atoms with Crippen LogP contribution in [0.2, 0.25) is 0 Å². The molecule has 2 aromatic carbocycles. The number of thioether (sulfide) groups is 1. The van der Waals surface area contributed by atoms with Crippen molar-refractivity contribution in [2.75, 3.05) is 13.7 Å². The van der Waals surface area contributed by atoms with Crippen molar-refractivity contribution in [1.82, 2.24) is 15.8 Å². The molecule has 0 spiro atoms. The van der Waals surface area contributed by atoms with Crippen LogP contribution in [-0.2, 0) is 9.59 Å². The Morgan fingerprint density at radius 3 is 2.50 bits per heavy atom. The molecule has 0 aliphatic carbocycles. The zero-order chi connectivity index (χ0) is 24.5. The lowest BCUT2D eigenvalue weighted by Gasteiger charge is -2.14. The average molecular weight is 498 g/mol. The highest BCUT2D eigenvalue weighted by atomic mass is 32.2. The third-order valence-electron chi connectivity index (χ3n) is 5.28. The maximum Gasteiger partial charge on any atom is 0.269 e. The van der Waals surface area contributed by atoms with Gasteiger partial charge in [-0.3, -0.25) is 30.1 Å². The molecule has 7 nitrogen and oxygen atoms in total. The fraction of sp³-hybridized carbons (Fsp3) is 0.280. The minimum Gasteiger partial charge on any atom is -0.497 e. The molecule has 0 atom stereocenters. The molecule has 1 aliphatic rings. The summed E-state index contributed by atoms with van der Waals surface area (Å²) in [5.74, 6) is 0.0630. The van der Waals surface area contributed by atoms with Gasteiger partial charge in [-0.15, -0.1) is 0 Å². The Hall–Kier alpha value is -3.17. The molecule has 9 heteroatoms. The largest absolute Gasteiger partial charge is 0.497 e. The van der Waals surface area contributed by atoms with Crippen molar-refractivity contribution in [2.24, 2.45) is 0 Å². The topological polar surface area (TPSA) is 87.7 Å². The van der Waals surface area contributed by atoms with E-state index in [1.54, 1.807) is 24.1 Å². The van der Waals surface area contributed by atoms with Crippen LogP contribution >= 0.6 is 24.0 Å². The van der Waals surface area contributed by atoms with Crippen molar-refractivity contribution in [1.29, 1.82) is 0 Å². The molecule has 3 rings (SSSR count). The molecule has 178 valence electrons. The number of methoxy groups -OCH3 is 1. The van der Waals surface area contributed by atoms with Crippen LogP contribution in [0.25, 0.3) is 6.08 Å². The Morgan fingerprint density at radius 2 is 1.79 bits per heavy atom. The number of thiocarbonyl (C=S) groups is 1. The van der Waals surface area contributed by atoms with E-state index in [9.17, 15) is 14.4 Å². The molecule has 1 fully saturated rings. The predicted molar refractivity (Wildman–Crippen MR) is 138 cm³/mol. The number of rotatable bonds is 9. The van der Waals surface area contributed by atoms with Gasteiger partial charge in [-0.1, -0.05) is 60.7 Å². The van der Waals surface area contributed by atoms with Crippen LogP contribution < -0.4 is 15.6 Å². The smallest absolute Gasteiger partial charge is 0.269 e. The molecule has 0 unspecified atom stereocenters. The van der Waals surface area contributed by atoms with Gasteiger partial charge in [-0.2, -0.15) is 0 Å². The first-order chi connectivity index (χ1) is 16.4. The van der Waals surface area contributed by atoms with Gasteiger partial charge in [0.15, 0.2) is 0 Å². The Bertz CT molecular complexity index is 1100. The van der Waals surface area contributed by atoms with Crippen LogP contribution in [0.15, 0.2) is 53.4 Å². The van der Waals surface area contributed by atoms with Gasteiger partial charge < -0.3 is 4.74 Å². The molecule has 2 aromatic rings. The van der Waals surface area contributed by atoms with E-state index in [0.29, 0.717) is 27.8 Å². The summed E-state index contributed by atoms with van der Waals surface area (Å²) in [7, 11) is 1.61. The Balaban J connectivity index is 1.37. The molecule has 0 bridgehead atoms. The number of hydrogen-bond donors (Lipinski definition) is 2. The summed E-state index contributed by atoms with van der Waals surface area (Å²) in [4.78, 5) is 39.1. The lowest BCUT2D eigenvalue weighted by Crippen LogP contribution is -2.41. The zero-order valence-electron chi connectivity index (χ0n) is 19.1. The predicted octanol–water partition coefficient (Wildman–Crippen LogP) is 4.23.